The molecule has 4 nitrogen and oxygen atoms in total. The summed E-state index contributed by atoms with van der Waals surface area (Å²) in [5.41, 5.74) is 4.20. The fraction of sp³-hybridized carbons (Fsp3) is 0.0435. The van der Waals surface area contributed by atoms with E-state index in [0.29, 0.717) is 16.6 Å². The average Bonchev–Trinajstić information content (AvgIpc) is 3.12. The number of halogens is 1. The number of rotatable bonds is 2. The number of esters is 1. The highest BCUT2D eigenvalue weighted by atomic mass is 79.9. The second-order valence-electron chi connectivity index (χ2n) is 6.45. The normalized spacial score (nSPS) is 11.4. The lowest BCUT2D eigenvalue weighted by Crippen LogP contribution is -2.05. The van der Waals surface area contributed by atoms with Crippen molar-refractivity contribution < 1.29 is 13.9 Å². The fourth-order valence-corrected chi connectivity index (χ4v) is 4.24. The Balaban J connectivity index is 1.97. The zero-order valence-corrected chi connectivity index (χ0v) is 16.5. The maximum atomic E-state index is 12.6. The van der Waals surface area contributed by atoms with Gasteiger partial charge in [0.25, 0.3) is 0 Å². The van der Waals surface area contributed by atoms with Crippen molar-refractivity contribution in [2.45, 2.75) is 0 Å². The van der Waals surface area contributed by atoms with Crippen molar-refractivity contribution in [3.8, 4) is 11.1 Å². The summed E-state index contributed by atoms with van der Waals surface area (Å²) in [7, 11) is 1.38. The van der Waals surface area contributed by atoms with Crippen LogP contribution < -0.4 is 0 Å². The van der Waals surface area contributed by atoms with E-state index in [-0.39, 0.29) is 0 Å². The molecule has 0 spiro atoms. The van der Waals surface area contributed by atoms with E-state index >= 15 is 0 Å². The monoisotopic (exact) mass is 431 g/mol. The molecule has 3 aromatic carbocycles. The average molecular weight is 432 g/mol. The van der Waals surface area contributed by atoms with Crippen LogP contribution in [0.15, 0.2) is 75.8 Å². The molecule has 0 fully saturated rings. The molecule has 0 saturated heterocycles. The van der Waals surface area contributed by atoms with Gasteiger partial charge >= 0.3 is 5.97 Å². The molecule has 0 aliphatic rings. The molecule has 2 heterocycles. The number of hydrogen-bond donors (Lipinski definition) is 0. The standard InChI is InChI=1S/C23H14BrNO3/c1-27-23(26)17-12-18(24)15-9-5-11-25-21(15)20(17)16-8-4-7-14-13-6-2-3-10-19(13)28-22(14)16/h2-12H,1H3. The number of benzene rings is 3. The Labute approximate surface area is 168 Å². The van der Waals surface area contributed by atoms with Crippen LogP contribution in [0.2, 0.25) is 0 Å². The molecule has 0 amide bonds. The number of carbonyl (C=O) groups is 1. The summed E-state index contributed by atoms with van der Waals surface area (Å²) in [6, 6.07) is 19.5. The van der Waals surface area contributed by atoms with Gasteiger partial charge in [-0.2, -0.15) is 0 Å². The molecule has 5 heteroatoms. The highest BCUT2D eigenvalue weighted by Crippen LogP contribution is 2.41. The Morgan fingerprint density at radius 1 is 1.00 bits per heavy atom. The van der Waals surface area contributed by atoms with Crippen LogP contribution in [-0.2, 0) is 4.74 Å². The van der Waals surface area contributed by atoms with Crippen LogP contribution in [0.25, 0.3) is 44.0 Å². The summed E-state index contributed by atoms with van der Waals surface area (Å²) in [6.45, 7) is 0. The van der Waals surface area contributed by atoms with Crippen molar-refractivity contribution in [1.82, 2.24) is 4.98 Å². The Morgan fingerprint density at radius 3 is 2.64 bits per heavy atom. The Morgan fingerprint density at radius 2 is 1.79 bits per heavy atom. The van der Waals surface area contributed by atoms with Gasteiger partial charge in [-0.1, -0.05) is 58.4 Å². The number of aromatic nitrogens is 1. The summed E-state index contributed by atoms with van der Waals surface area (Å²) in [5.74, 6) is -0.420. The number of carbonyl (C=O) groups excluding carboxylic acids is 1. The first-order valence-electron chi connectivity index (χ1n) is 8.75. The Hall–Kier alpha value is -3.18. The van der Waals surface area contributed by atoms with Crippen molar-refractivity contribution in [3.05, 3.63) is 76.9 Å². The second kappa shape index (κ2) is 6.46. The van der Waals surface area contributed by atoms with Gasteiger partial charge in [-0.05, 0) is 18.2 Å². The number of para-hydroxylation sites is 2. The van der Waals surface area contributed by atoms with Gasteiger partial charge in [0, 0.05) is 38.0 Å². The van der Waals surface area contributed by atoms with Crippen LogP contribution >= 0.6 is 15.9 Å². The van der Waals surface area contributed by atoms with E-state index in [1.807, 2.05) is 54.6 Å². The molecule has 2 aromatic heterocycles. The molecule has 5 aromatic rings. The first kappa shape index (κ1) is 17.0. The van der Waals surface area contributed by atoms with Gasteiger partial charge in [0.15, 0.2) is 0 Å². The number of methoxy groups -OCH3 is 1. The fourth-order valence-electron chi connectivity index (χ4n) is 3.69. The van der Waals surface area contributed by atoms with Crippen molar-refractivity contribution in [2.24, 2.45) is 0 Å². The van der Waals surface area contributed by atoms with Crippen LogP contribution in [0.3, 0.4) is 0 Å². The molecular weight excluding hydrogens is 418 g/mol. The highest BCUT2D eigenvalue weighted by molar-refractivity contribution is 9.10. The zero-order chi connectivity index (χ0) is 19.3. The molecule has 0 aliphatic heterocycles. The van der Waals surface area contributed by atoms with Crippen LogP contribution in [0, 0.1) is 0 Å². The van der Waals surface area contributed by atoms with Crippen molar-refractivity contribution in [1.29, 1.82) is 0 Å². The topological polar surface area (TPSA) is 52.3 Å². The van der Waals surface area contributed by atoms with E-state index in [1.165, 1.54) is 7.11 Å². The number of nitrogens with zero attached hydrogens (tertiary/aromatic N) is 1. The van der Waals surface area contributed by atoms with E-state index in [9.17, 15) is 4.79 Å². The van der Waals surface area contributed by atoms with Gasteiger partial charge < -0.3 is 9.15 Å². The molecule has 0 aliphatic carbocycles. The number of pyridine rings is 1. The molecule has 28 heavy (non-hydrogen) atoms. The van der Waals surface area contributed by atoms with Crippen molar-refractivity contribution in [2.75, 3.05) is 7.11 Å². The molecule has 0 unspecified atom stereocenters. The van der Waals surface area contributed by atoms with Crippen LogP contribution in [-0.4, -0.2) is 18.1 Å². The van der Waals surface area contributed by atoms with E-state index in [0.717, 1.165) is 37.4 Å². The van der Waals surface area contributed by atoms with Gasteiger partial charge in [0.2, 0.25) is 0 Å². The summed E-state index contributed by atoms with van der Waals surface area (Å²) in [6.07, 6.45) is 1.72. The van der Waals surface area contributed by atoms with E-state index in [4.69, 9.17) is 9.15 Å². The molecule has 0 N–H and O–H groups in total. The lowest BCUT2D eigenvalue weighted by molar-refractivity contribution is 0.0601. The van der Waals surface area contributed by atoms with E-state index in [1.54, 1.807) is 12.3 Å². The number of ether oxygens (including phenoxy) is 1. The van der Waals surface area contributed by atoms with Crippen LogP contribution in [0.4, 0.5) is 0 Å². The van der Waals surface area contributed by atoms with Crippen molar-refractivity contribution in [3.63, 3.8) is 0 Å². The minimum absolute atomic E-state index is 0.420. The molecular formula is C23H14BrNO3. The largest absolute Gasteiger partial charge is 0.465 e. The number of furan rings is 1. The third-order valence-corrected chi connectivity index (χ3v) is 5.58. The Bertz CT molecular complexity index is 1390. The maximum Gasteiger partial charge on any atom is 0.338 e. The quantitative estimate of drug-likeness (QED) is 0.305. The highest BCUT2D eigenvalue weighted by Gasteiger charge is 2.22. The molecule has 0 bridgehead atoms. The predicted octanol–water partition coefficient (Wildman–Crippen LogP) is 6.35. The third-order valence-electron chi connectivity index (χ3n) is 4.92. The molecule has 0 saturated carbocycles. The van der Waals surface area contributed by atoms with Crippen LogP contribution in [0.5, 0.6) is 0 Å². The molecule has 0 radical (unpaired) electrons. The smallest absolute Gasteiger partial charge is 0.338 e. The summed E-state index contributed by atoms with van der Waals surface area (Å²) >= 11 is 3.56. The lowest BCUT2D eigenvalue weighted by Gasteiger charge is -2.13. The first-order chi connectivity index (χ1) is 13.7. The zero-order valence-electron chi connectivity index (χ0n) is 14.9. The van der Waals surface area contributed by atoms with Gasteiger partial charge in [-0.3, -0.25) is 4.98 Å². The minimum Gasteiger partial charge on any atom is -0.465 e. The first-order valence-corrected chi connectivity index (χ1v) is 9.54. The van der Waals surface area contributed by atoms with E-state index < -0.39 is 5.97 Å². The lowest BCUT2D eigenvalue weighted by atomic mass is 9.94. The van der Waals surface area contributed by atoms with Gasteiger partial charge in [0.1, 0.15) is 11.2 Å². The van der Waals surface area contributed by atoms with Gasteiger partial charge in [-0.25, -0.2) is 4.79 Å². The van der Waals surface area contributed by atoms with Crippen LogP contribution in [0.1, 0.15) is 10.4 Å². The Kier molecular flexibility index (Phi) is 3.91. The van der Waals surface area contributed by atoms with Gasteiger partial charge in [0.05, 0.1) is 18.2 Å². The third kappa shape index (κ3) is 2.43. The number of fused-ring (bicyclic) bond motifs is 4. The summed E-state index contributed by atoms with van der Waals surface area (Å²) in [4.78, 5) is 17.2. The molecule has 0 atom stereocenters. The molecule has 5 rings (SSSR count). The minimum atomic E-state index is -0.420. The second-order valence-corrected chi connectivity index (χ2v) is 7.31. The molecule has 136 valence electrons. The maximum absolute atomic E-state index is 12.6. The summed E-state index contributed by atoms with van der Waals surface area (Å²) < 4.78 is 12.0. The SMILES string of the molecule is COC(=O)c1cc(Br)c2cccnc2c1-c1cccc2c1oc1ccccc12. The summed E-state index contributed by atoms with van der Waals surface area (Å²) in [5, 5.41) is 2.95. The van der Waals surface area contributed by atoms with Crippen molar-refractivity contribution >= 4 is 54.7 Å². The van der Waals surface area contributed by atoms with Gasteiger partial charge in [-0.15, -0.1) is 0 Å². The number of hydrogen-bond acceptors (Lipinski definition) is 4. The predicted molar refractivity (Wildman–Crippen MR) is 113 cm³/mol. The van der Waals surface area contributed by atoms with E-state index in [2.05, 4.69) is 20.9 Å².